The summed E-state index contributed by atoms with van der Waals surface area (Å²) in [7, 11) is 0. The van der Waals surface area contributed by atoms with Crippen molar-refractivity contribution in [2.75, 3.05) is 0 Å². The fourth-order valence-corrected chi connectivity index (χ4v) is 3.21. The van der Waals surface area contributed by atoms with Crippen LogP contribution >= 0.6 is 22.9 Å². The van der Waals surface area contributed by atoms with Gasteiger partial charge in [0.15, 0.2) is 12.4 Å². The Morgan fingerprint density at radius 1 is 1.25 bits per heavy atom. The van der Waals surface area contributed by atoms with Crippen molar-refractivity contribution in [2.24, 2.45) is 0 Å². The molecule has 0 aliphatic rings. The van der Waals surface area contributed by atoms with Crippen LogP contribution < -0.4 is 4.57 Å². The van der Waals surface area contributed by atoms with Gasteiger partial charge >= 0.3 is 5.97 Å². The molecular formula is C15H11ClNO2S+. The molecular weight excluding hydrogens is 294 g/mol. The van der Waals surface area contributed by atoms with E-state index in [2.05, 4.69) is 0 Å². The number of benzene rings is 1. The summed E-state index contributed by atoms with van der Waals surface area (Å²) in [6.07, 6.45) is 3.62. The zero-order valence-corrected chi connectivity index (χ0v) is 11.9. The molecule has 0 fully saturated rings. The maximum atomic E-state index is 11.7. The van der Waals surface area contributed by atoms with Crippen molar-refractivity contribution >= 4 is 39.0 Å². The second-order valence-corrected chi connectivity index (χ2v) is 5.75. The summed E-state index contributed by atoms with van der Waals surface area (Å²) in [4.78, 5) is 11.7. The molecule has 20 heavy (non-hydrogen) atoms. The van der Waals surface area contributed by atoms with Crippen LogP contribution in [0.2, 0.25) is 5.02 Å². The summed E-state index contributed by atoms with van der Waals surface area (Å²) in [5.41, 5.74) is 0.584. The Morgan fingerprint density at radius 2 is 2.05 bits per heavy atom. The summed E-state index contributed by atoms with van der Waals surface area (Å²) in [5, 5.41) is 13.0. The van der Waals surface area contributed by atoms with Crippen molar-refractivity contribution < 1.29 is 14.5 Å². The third kappa shape index (κ3) is 2.28. The molecule has 0 radical (unpaired) electrons. The SMILES string of the molecule is O=C(O)C(c1ccccc1Cl)[n+]1ccc2sccc2c1. The van der Waals surface area contributed by atoms with Gasteiger partial charge in [-0.3, -0.25) is 0 Å². The number of fused-ring (bicyclic) bond motifs is 1. The standard InChI is InChI=1S/C15H10ClNO2S/c16-12-4-2-1-3-11(12)14(15(18)19)17-7-5-13-10(9-17)6-8-20-13/h1-9,14H/p+1. The van der Waals surface area contributed by atoms with E-state index in [9.17, 15) is 9.90 Å². The van der Waals surface area contributed by atoms with Crippen LogP contribution in [0.3, 0.4) is 0 Å². The van der Waals surface area contributed by atoms with Crippen LogP contribution in [0.15, 0.2) is 54.2 Å². The van der Waals surface area contributed by atoms with Crippen LogP contribution in [0.5, 0.6) is 0 Å². The first kappa shape index (κ1) is 13.1. The summed E-state index contributed by atoms with van der Waals surface area (Å²) < 4.78 is 2.81. The smallest absolute Gasteiger partial charge is 0.378 e. The molecule has 0 saturated heterocycles. The minimum absolute atomic E-state index is 0.456. The van der Waals surface area contributed by atoms with Gasteiger partial charge in [0.1, 0.15) is 0 Å². The zero-order chi connectivity index (χ0) is 14.1. The van der Waals surface area contributed by atoms with Crippen molar-refractivity contribution in [2.45, 2.75) is 6.04 Å². The van der Waals surface area contributed by atoms with Gasteiger partial charge in [-0.05, 0) is 17.5 Å². The average molecular weight is 305 g/mol. The Bertz CT molecular complexity index is 784. The molecule has 3 nitrogen and oxygen atoms in total. The minimum atomic E-state index is -0.933. The van der Waals surface area contributed by atoms with Crippen molar-refractivity contribution in [3.8, 4) is 0 Å². The molecule has 1 unspecified atom stereocenters. The van der Waals surface area contributed by atoms with Gasteiger partial charge in [-0.2, -0.15) is 4.57 Å². The van der Waals surface area contributed by atoms with E-state index in [0.29, 0.717) is 10.6 Å². The lowest BCUT2D eigenvalue weighted by Gasteiger charge is -2.09. The van der Waals surface area contributed by atoms with E-state index in [4.69, 9.17) is 11.6 Å². The summed E-state index contributed by atoms with van der Waals surface area (Å²) in [6, 6.07) is 10.1. The van der Waals surface area contributed by atoms with E-state index in [1.54, 1.807) is 46.4 Å². The predicted octanol–water partition coefficient (Wildman–Crippen LogP) is 3.52. The highest BCUT2D eigenvalue weighted by Gasteiger charge is 2.31. The molecule has 1 N–H and O–H groups in total. The number of hydrogen-bond acceptors (Lipinski definition) is 2. The number of aromatic nitrogens is 1. The Morgan fingerprint density at radius 3 is 2.80 bits per heavy atom. The third-order valence-electron chi connectivity index (χ3n) is 3.15. The number of carbonyl (C=O) groups is 1. The van der Waals surface area contributed by atoms with Crippen LogP contribution in [0, 0.1) is 0 Å². The Kier molecular flexibility index (Phi) is 3.42. The van der Waals surface area contributed by atoms with Gasteiger partial charge < -0.3 is 5.11 Å². The lowest BCUT2D eigenvalue weighted by atomic mass is 10.1. The van der Waals surface area contributed by atoms with E-state index in [0.717, 1.165) is 10.1 Å². The molecule has 5 heteroatoms. The number of rotatable bonds is 3. The van der Waals surface area contributed by atoms with Crippen LogP contribution in [0.4, 0.5) is 0 Å². The third-order valence-corrected chi connectivity index (χ3v) is 4.39. The first-order chi connectivity index (χ1) is 9.66. The molecule has 100 valence electrons. The number of pyridine rings is 1. The quantitative estimate of drug-likeness (QED) is 0.752. The van der Waals surface area contributed by atoms with Crippen molar-refractivity contribution in [1.29, 1.82) is 0 Å². The number of carboxylic acids is 1. The van der Waals surface area contributed by atoms with Gasteiger partial charge in [0, 0.05) is 10.8 Å². The van der Waals surface area contributed by atoms with E-state index >= 15 is 0 Å². The molecule has 0 aliphatic heterocycles. The lowest BCUT2D eigenvalue weighted by molar-refractivity contribution is -0.700. The molecule has 0 spiro atoms. The molecule has 2 heterocycles. The van der Waals surface area contributed by atoms with Crippen molar-refractivity contribution in [3.63, 3.8) is 0 Å². The van der Waals surface area contributed by atoms with Crippen molar-refractivity contribution in [3.05, 3.63) is 64.8 Å². The lowest BCUT2D eigenvalue weighted by Crippen LogP contribution is -2.44. The number of thiophene rings is 1. The Balaban J connectivity index is 2.15. The summed E-state index contributed by atoms with van der Waals surface area (Å²) >= 11 is 7.76. The molecule has 1 atom stereocenters. The molecule has 3 rings (SSSR count). The molecule has 0 bridgehead atoms. The largest absolute Gasteiger partial charge is 0.476 e. The number of hydrogen-bond donors (Lipinski definition) is 1. The fourth-order valence-electron chi connectivity index (χ4n) is 2.21. The molecule has 0 saturated carbocycles. The maximum absolute atomic E-state index is 11.7. The number of aliphatic carboxylic acids is 1. The highest BCUT2D eigenvalue weighted by atomic mass is 35.5. The van der Waals surface area contributed by atoms with E-state index in [1.165, 1.54) is 0 Å². The predicted molar refractivity (Wildman–Crippen MR) is 79.2 cm³/mol. The summed E-state index contributed by atoms with van der Waals surface area (Å²) in [5.74, 6) is -0.933. The molecule has 0 amide bonds. The highest BCUT2D eigenvalue weighted by molar-refractivity contribution is 7.17. The Labute approximate surface area is 124 Å². The highest BCUT2D eigenvalue weighted by Crippen LogP contribution is 2.24. The average Bonchev–Trinajstić information content (AvgIpc) is 2.88. The molecule has 1 aromatic carbocycles. The second-order valence-electron chi connectivity index (χ2n) is 4.39. The number of nitrogens with zero attached hydrogens (tertiary/aromatic N) is 1. The summed E-state index contributed by atoms with van der Waals surface area (Å²) in [6.45, 7) is 0. The normalized spacial score (nSPS) is 12.4. The van der Waals surface area contributed by atoms with Crippen LogP contribution in [-0.2, 0) is 4.79 Å². The van der Waals surface area contributed by atoms with Crippen LogP contribution in [-0.4, -0.2) is 11.1 Å². The topological polar surface area (TPSA) is 41.2 Å². The van der Waals surface area contributed by atoms with Gasteiger partial charge in [-0.15, -0.1) is 11.3 Å². The first-order valence-electron chi connectivity index (χ1n) is 6.02. The van der Waals surface area contributed by atoms with Crippen LogP contribution in [0.25, 0.3) is 10.1 Å². The van der Waals surface area contributed by atoms with Crippen molar-refractivity contribution in [1.82, 2.24) is 0 Å². The maximum Gasteiger partial charge on any atom is 0.378 e. The molecule has 2 aromatic heterocycles. The monoisotopic (exact) mass is 304 g/mol. The number of halogens is 1. The van der Waals surface area contributed by atoms with Gasteiger partial charge in [0.2, 0.25) is 0 Å². The number of carboxylic acid groups (broad SMARTS) is 1. The minimum Gasteiger partial charge on any atom is -0.476 e. The molecule has 3 aromatic rings. The van der Waals surface area contributed by atoms with Gasteiger partial charge in [-0.1, -0.05) is 29.8 Å². The first-order valence-corrected chi connectivity index (χ1v) is 7.28. The Hall–Kier alpha value is -1.91. The molecule has 0 aliphatic carbocycles. The van der Waals surface area contributed by atoms with E-state index in [1.807, 2.05) is 23.7 Å². The fraction of sp³-hybridized carbons (Fsp3) is 0.0667. The van der Waals surface area contributed by atoms with E-state index < -0.39 is 12.0 Å². The van der Waals surface area contributed by atoms with Gasteiger partial charge in [-0.25, -0.2) is 4.79 Å². The van der Waals surface area contributed by atoms with E-state index in [-0.39, 0.29) is 0 Å². The van der Waals surface area contributed by atoms with Gasteiger partial charge in [0.05, 0.1) is 16.0 Å². The second kappa shape index (κ2) is 5.23. The zero-order valence-electron chi connectivity index (χ0n) is 10.4. The van der Waals surface area contributed by atoms with Gasteiger partial charge in [0.25, 0.3) is 6.04 Å². The van der Waals surface area contributed by atoms with Crippen LogP contribution in [0.1, 0.15) is 11.6 Å².